The lowest BCUT2D eigenvalue weighted by Gasteiger charge is -2.22. The van der Waals surface area contributed by atoms with Crippen molar-refractivity contribution in [2.24, 2.45) is 0 Å². The Morgan fingerprint density at radius 2 is 2.04 bits per heavy atom. The molecule has 3 rings (SSSR count). The summed E-state index contributed by atoms with van der Waals surface area (Å²) < 4.78 is 37.0. The number of rotatable bonds is 4. The minimum Gasteiger partial charge on any atom is -0.465 e. The maximum atomic E-state index is 12.9. The number of esters is 1. The normalized spacial score (nSPS) is 18.7. The lowest BCUT2D eigenvalue weighted by Crippen LogP contribution is -2.30. The van der Waals surface area contributed by atoms with Crippen LogP contribution < -0.4 is 0 Å². The summed E-state index contributed by atoms with van der Waals surface area (Å²) in [6.45, 7) is 2.20. The number of aromatic nitrogens is 1. The molecule has 1 atom stereocenters. The first-order valence-corrected chi connectivity index (χ1v) is 9.01. The van der Waals surface area contributed by atoms with Gasteiger partial charge in [0, 0.05) is 12.6 Å². The molecule has 1 aromatic heterocycles. The number of nitrogens with zero attached hydrogens (tertiary/aromatic N) is 2. The second-order valence-corrected chi connectivity index (χ2v) is 7.54. The molecule has 0 spiro atoms. The molecule has 8 heteroatoms. The average Bonchev–Trinajstić information content (AvgIpc) is 3.23. The van der Waals surface area contributed by atoms with E-state index < -0.39 is 16.0 Å². The molecule has 0 bridgehead atoms. The van der Waals surface area contributed by atoms with Crippen molar-refractivity contribution in [1.29, 1.82) is 0 Å². The summed E-state index contributed by atoms with van der Waals surface area (Å²) in [4.78, 5) is 11.6. The molecule has 1 aliphatic rings. The van der Waals surface area contributed by atoms with Crippen LogP contribution in [0.4, 0.5) is 0 Å². The smallest absolute Gasteiger partial charge is 0.337 e. The Morgan fingerprint density at radius 3 is 2.62 bits per heavy atom. The van der Waals surface area contributed by atoms with Crippen LogP contribution in [0.5, 0.6) is 0 Å². The van der Waals surface area contributed by atoms with E-state index >= 15 is 0 Å². The van der Waals surface area contributed by atoms with Gasteiger partial charge in [0.15, 0.2) is 0 Å². The number of hydrogen-bond donors (Lipinski definition) is 0. The molecule has 0 aliphatic carbocycles. The zero-order valence-electron chi connectivity index (χ0n) is 13.4. The largest absolute Gasteiger partial charge is 0.465 e. The second kappa shape index (κ2) is 6.37. The van der Waals surface area contributed by atoms with Crippen molar-refractivity contribution < 1.29 is 22.5 Å². The van der Waals surface area contributed by atoms with Crippen molar-refractivity contribution in [3.05, 3.63) is 47.3 Å². The van der Waals surface area contributed by atoms with E-state index in [9.17, 15) is 13.2 Å². The van der Waals surface area contributed by atoms with E-state index in [0.29, 0.717) is 30.0 Å². The highest BCUT2D eigenvalue weighted by Gasteiger charge is 2.37. The summed E-state index contributed by atoms with van der Waals surface area (Å²) in [5.74, 6) is 0.146. The maximum absolute atomic E-state index is 12.9. The molecule has 1 aliphatic heterocycles. The van der Waals surface area contributed by atoms with Crippen LogP contribution in [0.3, 0.4) is 0 Å². The summed E-state index contributed by atoms with van der Waals surface area (Å²) in [7, 11) is -2.40. The molecule has 2 aromatic rings. The Kier molecular flexibility index (Phi) is 4.42. The minimum absolute atomic E-state index is 0.141. The number of carbonyl (C=O) groups excluding carboxylic acids is 1. The van der Waals surface area contributed by atoms with Gasteiger partial charge in [0.05, 0.1) is 23.6 Å². The van der Waals surface area contributed by atoms with Crippen LogP contribution in [0.1, 0.15) is 40.7 Å². The first-order chi connectivity index (χ1) is 11.4. The zero-order chi connectivity index (χ0) is 17.3. The van der Waals surface area contributed by atoms with Crippen molar-refractivity contribution in [3.8, 4) is 0 Å². The summed E-state index contributed by atoms with van der Waals surface area (Å²) in [6, 6.07) is 7.18. The number of sulfonamides is 1. The molecule has 7 nitrogen and oxygen atoms in total. The predicted octanol–water partition coefficient (Wildman–Crippen LogP) is 2.30. The molecular formula is C16H18N2O5S. The van der Waals surface area contributed by atoms with E-state index in [0.717, 1.165) is 6.42 Å². The van der Waals surface area contributed by atoms with Crippen LogP contribution in [0.25, 0.3) is 0 Å². The van der Waals surface area contributed by atoms with Crippen molar-refractivity contribution in [3.63, 3.8) is 0 Å². The van der Waals surface area contributed by atoms with Gasteiger partial charge in [0.2, 0.25) is 10.0 Å². The van der Waals surface area contributed by atoms with Crippen molar-refractivity contribution in [2.75, 3.05) is 13.7 Å². The number of aryl methyl sites for hydroxylation is 1. The van der Waals surface area contributed by atoms with E-state index in [1.54, 1.807) is 13.0 Å². The Balaban J connectivity index is 1.90. The third-order valence-corrected chi connectivity index (χ3v) is 6.00. The molecule has 128 valence electrons. The molecule has 24 heavy (non-hydrogen) atoms. The average molecular weight is 350 g/mol. The first kappa shape index (κ1) is 16.7. The number of benzene rings is 1. The van der Waals surface area contributed by atoms with Gasteiger partial charge < -0.3 is 9.26 Å². The lowest BCUT2D eigenvalue weighted by molar-refractivity contribution is 0.0600. The molecule has 0 N–H and O–H groups in total. The van der Waals surface area contributed by atoms with Gasteiger partial charge in [0.25, 0.3) is 0 Å². The minimum atomic E-state index is -3.68. The van der Waals surface area contributed by atoms with Gasteiger partial charge in [-0.3, -0.25) is 0 Å². The number of ether oxygens (including phenoxy) is 1. The highest BCUT2D eigenvalue weighted by molar-refractivity contribution is 7.89. The van der Waals surface area contributed by atoms with Crippen LogP contribution in [-0.4, -0.2) is 37.5 Å². The van der Waals surface area contributed by atoms with E-state index in [2.05, 4.69) is 9.89 Å². The second-order valence-electron chi connectivity index (χ2n) is 5.65. The van der Waals surface area contributed by atoms with E-state index in [-0.39, 0.29) is 10.9 Å². The SMILES string of the molecule is COC(=O)c1ccc(S(=O)(=O)N2CCC[C@@H]2c2cc(C)on2)cc1. The standard InChI is InChI=1S/C16H18N2O5S/c1-11-10-14(17-23-11)15-4-3-9-18(15)24(20,21)13-7-5-12(6-8-13)16(19)22-2/h5-8,10,15H,3-4,9H2,1-2H3/t15-/m1/s1. The quantitative estimate of drug-likeness (QED) is 0.786. The predicted molar refractivity (Wildman–Crippen MR) is 84.9 cm³/mol. The zero-order valence-corrected chi connectivity index (χ0v) is 14.2. The van der Waals surface area contributed by atoms with Gasteiger partial charge in [0.1, 0.15) is 11.5 Å². The van der Waals surface area contributed by atoms with E-state index in [1.165, 1.54) is 35.7 Å². The Morgan fingerprint density at radius 1 is 1.33 bits per heavy atom. The summed E-state index contributed by atoms with van der Waals surface area (Å²) in [5, 5.41) is 3.96. The van der Waals surface area contributed by atoms with Gasteiger partial charge in [-0.25, -0.2) is 13.2 Å². The molecule has 0 amide bonds. The van der Waals surface area contributed by atoms with Crippen LogP contribution in [0, 0.1) is 6.92 Å². The number of carbonyl (C=O) groups is 1. The molecule has 2 heterocycles. The topological polar surface area (TPSA) is 89.7 Å². The third-order valence-electron chi connectivity index (χ3n) is 4.07. The van der Waals surface area contributed by atoms with E-state index in [4.69, 9.17) is 4.52 Å². The van der Waals surface area contributed by atoms with Crippen molar-refractivity contribution in [2.45, 2.75) is 30.7 Å². The summed E-state index contributed by atoms with van der Waals surface area (Å²) in [6.07, 6.45) is 1.46. The summed E-state index contributed by atoms with van der Waals surface area (Å²) in [5.41, 5.74) is 0.932. The van der Waals surface area contributed by atoms with Gasteiger partial charge >= 0.3 is 5.97 Å². The summed E-state index contributed by atoms with van der Waals surface area (Å²) >= 11 is 0. The van der Waals surface area contributed by atoms with E-state index in [1.807, 2.05) is 0 Å². The van der Waals surface area contributed by atoms with Gasteiger partial charge in [-0.15, -0.1) is 0 Å². The molecular weight excluding hydrogens is 332 g/mol. The highest BCUT2D eigenvalue weighted by Crippen LogP contribution is 2.36. The fourth-order valence-corrected chi connectivity index (χ4v) is 4.55. The molecule has 0 saturated carbocycles. The molecule has 0 unspecified atom stereocenters. The fourth-order valence-electron chi connectivity index (χ4n) is 2.88. The van der Waals surface area contributed by atoms with Crippen LogP contribution >= 0.6 is 0 Å². The highest BCUT2D eigenvalue weighted by atomic mass is 32.2. The monoisotopic (exact) mass is 350 g/mol. The molecule has 1 fully saturated rings. The Labute approximate surface area is 140 Å². The van der Waals surface area contributed by atoms with Gasteiger partial charge in [-0.2, -0.15) is 4.31 Å². The van der Waals surface area contributed by atoms with Crippen molar-refractivity contribution >= 4 is 16.0 Å². The lowest BCUT2D eigenvalue weighted by atomic mass is 10.1. The van der Waals surface area contributed by atoms with Crippen LogP contribution in [-0.2, 0) is 14.8 Å². The fraction of sp³-hybridized carbons (Fsp3) is 0.375. The third kappa shape index (κ3) is 2.94. The van der Waals surface area contributed by atoms with Crippen LogP contribution in [0.15, 0.2) is 39.8 Å². The van der Waals surface area contributed by atoms with Crippen LogP contribution in [0.2, 0.25) is 0 Å². The number of hydrogen-bond acceptors (Lipinski definition) is 6. The van der Waals surface area contributed by atoms with Crippen molar-refractivity contribution in [1.82, 2.24) is 9.46 Å². The Hall–Kier alpha value is -2.19. The van der Waals surface area contributed by atoms with Gasteiger partial charge in [-0.1, -0.05) is 5.16 Å². The number of methoxy groups -OCH3 is 1. The Bertz CT molecular complexity index is 842. The van der Waals surface area contributed by atoms with Gasteiger partial charge in [-0.05, 0) is 44.0 Å². The molecule has 1 saturated heterocycles. The molecule has 0 radical (unpaired) electrons. The molecule has 1 aromatic carbocycles. The maximum Gasteiger partial charge on any atom is 0.337 e. The first-order valence-electron chi connectivity index (χ1n) is 7.57.